The van der Waals surface area contributed by atoms with Crippen molar-refractivity contribution in [3.05, 3.63) is 53.1 Å². The molecule has 4 rings (SSSR count). The van der Waals surface area contributed by atoms with Crippen LogP contribution in [0.5, 0.6) is 5.75 Å². The highest BCUT2D eigenvalue weighted by molar-refractivity contribution is 6.74. The first-order chi connectivity index (χ1) is 23.5. The van der Waals surface area contributed by atoms with Gasteiger partial charge in [-0.3, -0.25) is 4.79 Å². The number of allylic oxidation sites excluding steroid dienone is 2. The Bertz CT molecular complexity index is 1430. The Morgan fingerprint density at radius 3 is 2.14 bits per heavy atom. The van der Waals surface area contributed by atoms with Crippen LogP contribution in [-0.4, -0.2) is 59.1 Å². The normalized spacial score (nSPS) is 28.0. The quantitative estimate of drug-likeness (QED) is 0.156. The second-order valence-electron chi connectivity index (χ2n) is 18.6. The van der Waals surface area contributed by atoms with Crippen molar-refractivity contribution in [1.82, 2.24) is 0 Å². The number of carbonyl (C=O) groups is 2. The van der Waals surface area contributed by atoms with E-state index in [-0.39, 0.29) is 64.2 Å². The third-order valence-electron chi connectivity index (χ3n) is 12.5. The minimum absolute atomic E-state index is 0.00416. The van der Waals surface area contributed by atoms with Gasteiger partial charge in [0.25, 0.3) is 0 Å². The number of para-hydroxylation sites is 1. The summed E-state index contributed by atoms with van der Waals surface area (Å²) in [5.74, 6) is 0.714. The van der Waals surface area contributed by atoms with Crippen molar-refractivity contribution in [2.75, 3.05) is 0 Å². The summed E-state index contributed by atoms with van der Waals surface area (Å²) in [5, 5.41) is 0.112. The predicted molar refractivity (Wildman–Crippen MR) is 211 cm³/mol. The minimum Gasteiger partial charge on any atom is -0.478 e. The molecule has 0 amide bonds. The minimum atomic E-state index is -2.11. The van der Waals surface area contributed by atoms with Crippen LogP contribution >= 0.6 is 0 Å². The predicted octanol–water partition coefficient (Wildman–Crippen LogP) is 10.4. The first-order valence-corrected chi connectivity index (χ1v) is 25.2. The monoisotopic (exact) mass is 740 g/mol. The van der Waals surface area contributed by atoms with Crippen molar-refractivity contribution >= 4 is 28.6 Å². The molecule has 0 aromatic heterocycles. The standard InChI is InChI=1S/C42H68O7Si2/c1-15-35(46-39-28(3)17-16-18-29(39)4)40(44)47-36-25-32(48-50(11,12)41(5,6)7)23-30-20-19-27(2)34(38(30)36)22-21-31-24-33(26-37(43)45-31)49-51(13,14)42(8,9)10/h16-20,23,27,31-36,38H,15,21-22,24-26H2,1-14H3/t27-,31+,32+,33+,34-,35?,36-,38-/m0/s1. The zero-order valence-electron chi connectivity index (χ0n) is 34.2. The van der Waals surface area contributed by atoms with Crippen LogP contribution in [0.1, 0.15) is 105 Å². The fraction of sp³-hybridized carbons (Fsp3) is 0.714. The molecule has 51 heavy (non-hydrogen) atoms. The third-order valence-corrected chi connectivity index (χ3v) is 21.5. The van der Waals surface area contributed by atoms with Gasteiger partial charge in [-0.05, 0) is 97.9 Å². The number of ether oxygens (including phenoxy) is 3. The number of cyclic esters (lactones) is 1. The third kappa shape index (κ3) is 10.1. The maximum atomic E-state index is 14.1. The van der Waals surface area contributed by atoms with Crippen molar-refractivity contribution in [1.29, 1.82) is 0 Å². The maximum absolute atomic E-state index is 14.1. The molecule has 0 bridgehead atoms. The van der Waals surface area contributed by atoms with E-state index < -0.39 is 22.7 Å². The number of fused-ring (bicyclic) bond motifs is 1. The SMILES string of the molecule is CCC(Oc1c(C)cccc1C)C(=O)O[C@H]1C[C@H](O[Si](C)(C)C(C)(C)C)C=C2C=C[C@H](C)[C@H](CC[C@@H]3C[C@@H](O[Si](C)(C)C(C)(C)C)CC(=O)O3)[C@H]21. The van der Waals surface area contributed by atoms with E-state index in [1.165, 1.54) is 5.57 Å². The molecule has 1 unspecified atom stereocenters. The number of aryl methyl sites for hydroxylation is 2. The van der Waals surface area contributed by atoms with Gasteiger partial charge < -0.3 is 23.1 Å². The van der Waals surface area contributed by atoms with Crippen LogP contribution in [0.3, 0.4) is 0 Å². The van der Waals surface area contributed by atoms with Crippen LogP contribution in [0.15, 0.2) is 42.0 Å². The largest absolute Gasteiger partial charge is 0.478 e. The molecule has 7 nitrogen and oxygen atoms in total. The van der Waals surface area contributed by atoms with E-state index in [2.05, 4.69) is 92.9 Å². The molecule has 1 heterocycles. The Hall–Kier alpha value is -2.21. The molecule has 1 fully saturated rings. The van der Waals surface area contributed by atoms with Crippen molar-refractivity contribution in [3.63, 3.8) is 0 Å². The van der Waals surface area contributed by atoms with Gasteiger partial charge in [0.05, 0.1) is 18.6 Å². The summed E-state index contributed by atoms with van der Waals surface area (Å²) < 4.78 is 32.6. The molecular formula is C42H68O7Si2. The van der Waals surface area contributed by atoms with E-state index in [1.54, 1.807) is 0 Å². The van der Waals surface area contributed by atoms with E-state index in [0.717, 1.165) is 36.1 Å². The van der Waals surface area contributed by atoms with E-state index >= 15 is 0 Å². The van der Waals surface area contributed by atoms with E-state index in [1.807, 2.05) is 39.0 Å². The molecule has 0 radical (unpaired) electrons. The molecule has 0 spiro atoms. The number of hydrogen-bond donors (Lipinski definition) is 0. The maximum Gasteiger partial charge on any atom is 0.347 e. The number of esters is 2. The lowest BCUT2D eigenvalue weighted by Crippen LogP contribution is -2.49. The van der Waals surface area contributed by atoms with Crippen LogP contribution in [0.4, 0.5) is 0 Å². The second-order valence-corrected chi connectivity index (χ2v) is 28.1. The lowest BCUT2D eigenvalue weighted by Gasteiger charge is -2.46. The summed E-state index contributed by atoms with van der Waals surface area (Å²) in [5.41, 5.74) is 3.17. The Morgan fingerprint density at radius 2 is 1.55 bits per heavy atom. The average molecular weight is 741 g/mol. The van der Waals surface area contributed by atoms with Gasteiger partial charge in [0, 0.05) is 18.8 Å². The molecule has 0 N–H and O–H groups in total. The highest BCUT2D eigenvalue weighted by atomic mass is 28.4. The first-order valence-electron chi connectivity index (χ1n) is 19.4. The van der Waals surface area contributed by atoms with Crippen molar-refractivity contribution in [2.24, 2.45) is 17.8 Å². The number of hydrogen-bond acceptors (Lipinski definition) is 7. The Morgan fingerprint density at radius 1 is 0.941 bits per heavy atom. The van der Waals surface area contributed by atoms with Crippen LogP contribution in [-0.2, 0) is 27.9 Å². The molecule has 1 saturated heterocycles. The molecule has 9 heteroatoms. The van der Waals surface area contributed by atoms with Gasteiger partial charge >= 0.3 is 11.9 Å². The highest BCUT2D eigenvalue weighted by Gasteiger charge is 2.47. The van der Waals surface area contributed by atoms with Crippen LogP contribution in [0.25, 0.3) is 0 Å². The van der Waals surface area contributed by atoms with Gasteiger partial charge in [-0.1, -0.05) is 91.8 Å². The van der Waals surface area contributed by atoms with Gasteiger partial charge in [0.2, 0.25) is 0 Å². The van der Waals surface area contributed by atoms with Crippen molar-refractivity contribution < 1.29 is 32.7 Å². The zero-order chi connectivity index (χ0) is 38.1. The Kier molecular flexibility index (Phi) is 13.1. The second kappa shape index (κ2) is 16.0. The van der Waals surface area contributed by atoms with Gasteiger partial charge in [0.15, 0.2) is 22.7 Å². The Labute approximate surface area is 311 Å². The number of rotatable bonds is 12. The number of carbonyl (C=O) groups excluding carboxylic acids is 2. The first kappa shape index (κ1) is 41.5. The number of benzene rings is 1. The summed E-state index contributed by atoms with van der Waals surface area (Å²) in [4.78, 5) is 26.9. The van der Waals surface area contributed by atoms with Gasteiger partial charge in [-0.25, -0.2) is 4.79 Å². The summed E-state index contributed by atoms with van der Waals surface area (Å²) in [6, 6.07) is 6.02. The highest BCUT2D eigenvalue weighted by Crippen LogP contribution is 2.47. The summed E-state index contributed by atoms with van der Waals surface area (Å²) in [6.45, 7) is 30.7. The average Bonchev–Trinajstić information content (AvgIpc) is 2.98. The van der Waals surface area contributed by atoms with Gasteiger partial charge in [-0.15, -0.1) is 0 Å². The van der Waals surface area contributed by atoms with E-state index in [0.29, 0.717) is 19.3 Å². The molecule has 286 valence electrons. The lowest BCUT2D eigenvalue weighted by atomic mass is 9.66. The molecule has 1 aromatic rings. The fourth-order valence-electron chi connectivity index (χ4n) is 7.34. The van der Waals surface area contributed by atoms with Gasteiger partial charge in [-0.2, -0.15) is 0 Å². The van der Waals surface area contributed by atoms with Gasteiger partial charge in [0.1, 0.15) is 18.0 Å². The lowest BCUT2D eigenvalue weighted by molar-refractivity contribution is -0.164. The van der Waals surface area contributed by atoms with Crippen LogP contribution in [0.2, 0.25) is 36.3 Å². The summed E-state index contributed by atoms with van der Waals surface area (Å²) in [6.07, 6.45) is 8.98. The zero-order valence-corrected chi connectivity index (χ0v) is 36.2. The molecule has 1 aromatic carbocycles. The molecule has 8 atom stereocenters. The molecule has 0 saturated carbocycles. The van der Waals surface area contributed by atoms with Crippen LogP contribution in [0, 0.1) is 31.6 Å². The summed E-state index contributed by atoms with van der Waals surface area (Å²) in [7, 11) is -4.15. The smallest absolute Gasteiger partial charge is 0.347 e. The van der Waals surface area contributed by atoms with Crippen molar-refractivity contribution in [2.45, 2.75) is 175 Å². The van der Waals surface area contributed by atoms with E-state index in [9.17, 15) is 9.59 Å². The Balaban J connectivity index is 1.58. The molecular weight excluding hydrogens is 673 g/mol. The fourth-order valence-corrected chi connectivity index (χ4v) is 9.98. The van der Waals surface area contributed by atoms with Crippen LogP contribution < -0.4 is 4.74 Å². The molecule has 3 aliphatic rings. The molecule has 1 aliphatic heterocycles. The topological polar surface area (TPSA) is 80.3 Å². The van der Waals surface area contributed by atoms with E-state index in [4.69, 9.17) is 23.1 Å². The molecule has 2 aliphatic carbocycles. The van der Waals surface area contributed by atoms with Crippen molar-refractivity contribution in [3.8, 4) is 5.75 Å². The summed E-state index contributed by atoms with van der Waals surface area (Å²) >= 11 is 0.